The van der Waals surface area contributed by atoms with E-state index in [0.29, 0.717) is 13.2 Å². The molecule has 0 N–H and O–H groups in total. The fourth-order valence-electron chi connectivity index (χ4n) is 3.81. The van der Waals surface area contributed by atoms with Crippen LogP contribution >= 0.6 is 0 Å². The van der Waals surface area contributed by atoms with E-state index in [1.54, 1.807) is 6.21 Å². The van der Waals surface area contributed by atoms with Crippen molar-refractivity contribution in [1.29, 1.82) is 0 Å². The van der Waals surface area contributed by atoms with E-state index in [1.807, 2.05) is 57.2 Å². The van der Waals surface area contributed by atoms with Crippen LogP contribution < -0.4 is 9.47 Å². The van der Waals surface area contributed by atoms with Crippen molar-refractivity contribution in [2.24, 2.45) is 5.16 Å². The molecule has 5 heteroatoms. The molecule has 33 heavy (non-hydrogen) atoms. The normalized spacial score (nSPS) is 17.8. The second kappa shape index (κ2) is 14.4. The topological polar surface area (TPSA) is 49.3 Å². The van der Waals surface area contributed by atoms with Gasteiger partial charge in [-0.25, -0.2) is 0 Å². The Hall–Kier alpha value is -2.79. The number of hydrogen-bond acceptors (Lipinski definition) is 5. The molecule has 0 heterocycles. The molecule has 0 amide bonds. The summed E-state index contributed by atoms with van der Waals surface area (Å²) in [6, 6.07) is 12.2. The van der Waals surface area contributed by atoms with Gasteiger partial charge in [0, 0.05) is 0 Å². The van der Waals surface area contributed by atoms with Crippen LogP contribution in [-0.2, 0) is 16.2 Å². The van der Waals surface area contributed by atoms with Crippen LogP contribution in [0.3, 0.4) is 0 Å². The molecule has 5 nitrogen and oxygen atoms in total. The molecule has 1 aliphatic carbocycles. The largest absolute Gasteiger partial charge is 0.490 e. The van der Waals surface area contributed by atoms with Gasteiger partial charge in [-0.2, -0.15) is 0 Å². The Labute approximate surface area is 199 Å². The molecular weight excluding hydrogens is 414 g/mol. The average Bonchev–Trinajstić information content (AvgIpc) is 3.28. The smallest absolute Gasteiger partial charge is 0.125 e. The molecule has 1 aliphatic rings. The van der Waals surface area contributed by atoms with Crippen molar-refractivity contribution in [3.63, 3.8) is 0 Å². The zero-order valence-corrected chi connectivity index (χ0v) is 21.0. The lowest BCUT2D eigenvalue weighted by atomic mass is 10.1. The van der Waals surface area contributed by atoms with Crippen molar-refractivity contribution < 1.29 is 19.0 Å². The molecule has 0 spiro atoms. The van der Waals surface area contributed by atoms with Gasteiger partial charge in [0.15, 0.2) is 0 Å². The molecule has 0 saturated heterocycles. The minimum Gasteiger partial charge on any atom is -0.490 e. The Morgan fingerprint density at radius 2 is 1.67 bits per heavy atom. The summed E-state index contributed by atoms with van der Waals surface area (Å²) in [4.78, 5) is 4.72. The number of ether oxygens (including phenoxy) is 3. The first-order chi connectivity index (χ1) is 16.1. The summed E-state index contributed by atoms with van der Waals surface area (Å²) < 4.78 is 18.5. The molecule has 2 aromatic carbocycles. The zero-order valence-electron chi connectivity index (χ0n) is 21.0. The summed E-state index contributed by atoms with van der Waals surface area (Å²) in [5.41, 5.74) is 4.32. The Morgan fingerprint density at radius 3 is 2.30 bits per heavy atom. The van der Waals surface area contributed by atoms with E-state index in [1.165, 1.54) is 7.11 Å². The minimum absolute atomic E-state index is 0.0697. The summed E-state index contributed by atoms with van der Waals surface area (Å²) in [6.07, 6.45) is 8.98. The van der Waals surface area contributed by atoms with Crippen LogP contribution in [-0.4, -0.2) is 32.1 Å². The fourth-order valence-corrected chi connectivity index (χ4v) is 3.81. The van der Waals surface area contributed by atoms with Crippen LogP contribution in [0.15, 0.2) is 53.7 Å². The SMILES string of the molecule is C/C=C/COc1cc(C)c(OC2CCCC2OCc2ccc(/C=N\OC)cc2)c(C)c1.CC. The fraction of sp³-hybridized carbons (Fsp3) is 0.464. The highest BCUT2D eigenvalue weighted by molar-refractivity contribution is 5.79. The van der Waals surface area contributed by atoms with Gasteiger partial charge in [-0.15, -0.1) is 0 Å². The average molecular weight is 454 g/mol. The second-order valence-electron chi connectivity index (χ2n) is 7.86. The molecule has 1 fully saturated rings. The molecule has 0 aliphatic heterocycles. The van der Waals surface area contributed by atoms with Gasteiger partial charge in [0.2, 0.25) is 0 Å². The second-order valence-corrected chi connectivity index (χ2v) is 7.86. The maximum atomic E-state index is 6.46. The van der Waals surface area contributed by atoms with Gasteiger partial charge >= 0.3 is 0 Å². The van der Waals surface area contributed by atoms with Crippen LogP contribution in [0, 0.1) is 13.8 Å². The molecular formula is C28H39NO4. The molecule has 2 unspecified atom stereocenters. The zero-order chi connectivity index (χ0) is 24.1. The van der Waals surface area contributed by atoms with E-state index in [4.69, 9.17) is 19.0 Å². The summed E-state index contributed by atoms with van der Waals surface area (Å²) in [6.45, 7) is 11.3. The van der Waals surface area contributed by atoms with Gasteiger partial charge in [0.25, 0.3) is 0 Å². The molecule has 2 aromatic rings. The number of oxime groups is 1. The lowest BCUT2D eigenvalue weighted by molar-refractivity contribution is -0.0175. The first kappa shape index (κ1) is 26.5. The number of allylic oxidation sites excluding steroid dienone is 1. The van der Waals surface area contributed by atoms with E-state index in [2.05, 4.69) is 31.1 Å². The van der Waals surface area contributed by atoms with Crippen LogP contribution in [0.4, 0.5) is 0 Å². The summed E-state index contributed by atoms with van der Waals surface area (Å²) in [5.74, 6) is 1.82. The van der Waals surface area contributed by atoms with Crippen LogP contribution in [0.5, 0.6) is 11.5 Å². The van der Waals surface area contributed by atoms with Gasteiger partial charge in [-0.05, 0) is 74.4 Å². The van der Waals surface area contributed by atoms with Gasteiger partial charge in [0.1, 0.15) is 31.3 Å². The summed E-state index contributed by atoms with van der Waals surface area (Å²) in [7, 11) is 1.54. The van der Waals surface area contributed by atoms with E-state index >= 15 is 0 Å². The van der Waals surface area contributed by atoms with E-state index < -0.39 is 0 Å². The molecule has 0 bridgehead atoms. The van der Waals surface area contributed by atoms with Gasteiger partial charge in [0.05, 0.1) is 18.9 Å². The molecule has 0 aromatic heterocycles. The number of aryl methyl sites for hydroxylation is 2. The van der Waals surface area contributed by atoms with Gasteiger partial charge in [-0.3, -0.25) is 0 Å². The maximum Gasteiger partial charge on any atom is 0.125 e. The van der Waals surface area contributed by atoms with Crippen molar-refractivity contribution >= 4 is 6.21 Å². The predicted octanol–water partition coefficient (Wildman–Crippen LogP) is 6.78. The van der Waals surface area contributed by atoms with Crippen molar-refractivity contribution in [3.8, 4) is 11.5 Å². The monoisotopic (exact) mass is 453 g/mol. The third-order valence-electron chi connectivity index (χ3n) is 5.43. The third-order valence-corrected chi connectivity index (χ3v) is 5.43. The van der Waals surface area contributed by atoms with E-state index in [9.17, 15) is 0 Å². The third kappa shape index (κ3) is 8.25. The molecule has 0 radical (unpaired) electrons. The quantitative estimate of drug-likeness (QED) is 0.226. The Bertz CT molecular complexity index is 866. The van der Waals surface area contributed by atoms with Crippen molar-refractivity contribution in [2.45, 2.75) is 72.7 Å². The molecule has 180 valence electrons. The van der Waals surface area contributed by atoms with Crippen LogP contribution in [0.25, 0.3) is 0 Å². The lowest BCUT2D eigenvalue weighted by Gasteiger charge is -2.24. The summed E-state index contributed by atoms with van der Waals surface area (Å²) in [5, 5.41) is 3.78. The van der Waals surface area contributed by atoms with Crippen molar-refractivity contribution in [2.75, 3.05) is 13.7 Å². The van der Waals surface area contributed by atoms with Crippen LogP contribution in [0.1, 0.15) is 62.3 Å². The molecule has 3 rings (SSSR count). The molecule has 2 atom stereocenters. The highest BCUT2D eigenvalue weighted by Gasteiger charge is 2.30. The first-order valence-electron chi connectivity index (χ1n) is 11.9. The van der Waals surface area contributed by atoms with Crippen molar-refractivity contribution in [3.05, 3.63) is 70.8 Å². The number of benzene rings is 2. The van der Waals surface area contributed by atoms with Crippen molar-refractivity contribution in [1.82, 2.24) is 0 Å². The minimum atomic E-state index is 0.0697. The first-order valence-corrected chi connectivity index (χ1v) is 11.9. The number of nitrogens with zero attached hydrogens (tertiary/aromatic N) is 1. The maximum absolute atomic E-state index is 6.46. The Balaban J connectivity index is 0.00000187. The predicted molar refractivity (Wildman–Crippen MR) is 135 cm³/mol. The highest BCUT2D eigenvalue weighted by Crippen LogP contribution is 2.33. The van der Waals surface area contributed by atoms with E-state index in [-0.39, 0.29) is 12.2 Å². The van der Waals surface area contributed by atoms with Crippen LogP contribution in [0.2, 0.25) is 0 Å². The van der Waals surface area contributed by atoms with Gasteiger partial charge < -0.3 is 19.0 Å². The Morgan fingerprint density at radius 1 is 1.00 bits per heavy atom. The lowest BCUT2D eigenvalue weighted by Crippen LogP contribution is -2.29. The molecule has 1 saturated carbocycles. The standard InChI is InChI=1S/C26H33NO4.C2H6/c1-5-6-14-29-23-15-19(2)26(20(3)16-23)31-25-9-7-8-24(25)30-18-22-12-10-21(11-13-22)17-27-28-4;1-2/h5-6,10-13,15-17,24-25H,7-9,14,18H2,1-4H3;1-2H3/b6-5+,27-17-;. The Kier molecular flexibility index (Phi) is 11.5. The highest BCUT2D eigenvalue weighted by atomic mass is 16.6. The number of hydrogen-bond donors (Lipinski definition) is 0. The summed E-state index contributed by atoms with van der Waals surface area (Å²) >= 11 is 0. The van der Waals surface area contributed by atoms with E-state index in [0.717, 1.165) is 53.0 Å². The van der Waals surface area contributed by atoms with Gasteiger partial charge in [-0.1, -0.05) is 55.4 Å². The number of rotatable bonds is 10.